The minimum atomic E-state index is 0.591. The number of benzene rings is 1. The molecule has 0 radical (unpaired) electrons. The summed E-state index contributed by atoms with van der Waals surface area (Å²) in [6.07, 6.45) is 17.4. The van der Waals surface area contributed by atoms with Crippen molar-refractivity contribution in [2.75, 3.05) is 5.75 Å². The molecule has 1 aromatic carbocycles. The van der Waals surface area contributed by atoms with Crippen LogP contribution in [0.2, 0.25) is 0 Å². The summed E-state index contributed by atoms with van der Waals surface area (Å²) in [6, 6.07) is 4.53. The summed E-state index contributed by atoms with van der Waals surface area (Å²) in [7, 11) is 0. The van der Waals surface area contributed by atoms with Gasteiger partial charge in [-0.25, -0.2) is 0 Å². The second-order valence-corrected chi connectivity index (χ2v) is 8.79. The Morgan fingerprint density at radius 2 is 1.12 bits per heavy atom. The maximum absolute atomic E-state index is 10.8. The predicted octanol–water partition coefficient (Wildman–Crippen LogP) is 8.31. The zero-order chi connectivity index (χ0) is 19.0. The number of phenols is 1. The van der Waals surface area contributed by atoms with Crippen molar-refractivity contribution in [2.45, 2.75) is 116 Å². The zero-order valence-electron chi connectivity index (χ0n) is 17.6. The first-order valence-corrected chi connectivity index (χ1v) is 12.2. The van der Waals surface area contributed by atoms with Crippen LogP contribution in [0, 0.1) is 0 Å². The topological polar surface area (TPSA) is 20.2 Å². The van der Waals surface area contributed by atoms with Gasteiger partial charge >= 0.3 is 0 Å². The van der Waals surface area contributed by atoms with Gasteiger partial charge in [0.1, 0.15) is 5.75 Å². The summed E-state index contributed by atoms with van der Waals surface area (Å²) >= 11 is 1.98. The van der Waals surface area contributed by atoms with Gasteiger partial charge in [0.25, 0.3) is 0 Å². The van der Waals surface area contributed by atoms with Crippen LogP contribution in [0.1, 0.15) is 109 Å². The Morgan fingerprint density at radius 3 is 1.58 bits per heavy atom. The average molecular weight is 379 g/mol. The molecule has 0 amide bonds. The lowest BCUT2D eigenvalue weighted by molar-refractivity contribution is 0.456. The van der Waals surface area contributed by atoms with Crippen molar-refractivity contribution in [3.63, 3.8) is 0 Å². The van der Waals surface area contributed by atoms with E-state index in [4.69, 9.17) is 0 Å². The molecule has 1 rings (SSSR count). The number of thioether (sulfide) groups is 1. The van der Waals surface area contributed by atoms with Gasteiger partial charge in [0.05, 0.1) is 0 Å². The lowest BCUT2D eigenvalue weighted by atomic mass is 9.99. The molecule has 1 aromatic rings. The molecule has 0 bridgehead atoms. The Labute approximate surface area is 167 Å². The van der Waals surface area contributed by atoms with Gasteiger partial charge in [0.2, 0.25) is 0 Å². The van der Waals surface area contributed by atoms with Crippen LogP contribution in [0.15, 0.2) is 17.0 Å². The smallest absolute Gasteiger partial charge is 0.122 e. The predicted molar refractivity (Wildman–Crippen MR) is 119 cm³/mol. The van der Waals surface area contributed by atoms with Crippen molar-refractivity contribution >= 4 is 11.8 Å². The Hall–Kier alpha value is -0.630. The van der Waals surface area contributed by atoms with E-state index in [1.165, 1.54) is 98.8 Å². The lowest BCUT2D eigenvalue weighted by Crippen LogP contribution is -1.95. The Balaban J connectivity index is 2.69. The molecule has 2 heteroatoms. The quantitative estimate of drug-likeness (QED) is 0.230. The number of unbranched alkanes of at least 4 members (excludes halogenated alkanes) is 9. The molecule has 150 valence electrons. The van der Waals surface area contributed by atoms with Gasteiger partial charge in [-0.3, -0.25) is 0 Å². The number of aromatic hydroxyl groups is 1. The minimum Gasteiger partial charge on any atom is -0.507 e. The number of aryl methyl sites for hydroxylation is 2. The summed E-state index contributed by atoms with van der Waals surface area (Å²) in [4.78, 5) is 1.37. The highest BCUT2D eigenvalue weighted by molar-refractivity contribution is 7.99. The molecule has 1 nitrogen and oxygen atoms in total. The lowest BCUT2D eigenvalue weighted by Gasteiger charge is -2.13. The molecule has 0 saturated heterocycles. The van der Waals surface area contributed by atoms with Crippen molar-refractivity contribution in [3.05, 3.63) is 23.3 Å². The maximum atomic E-state index is 10.8. The Bertz CT molecular complexity index is 436. The minimum absolute atomic E-state index is 0.591. The molecule has 26 heavy (non-hydrogen) atoms. The molecule has 0 aliphatic rings. The fourth-order valence-corrected chi connectivity index (χ4v) is 4.43. The fourth-order valence-electron chi connectivity index (χ4n) is 3.40. The van der Waals surface area contributed by atoms with E-state index in [1.54, 1.807) is 0 Å². The highest BCUT2D eigenvalue weighted by atomic mass is 32.2. The number of hydrogen-bond donors (Lipinski definition) is 1. The van der Waals surface area contributed by atoms with Crippen molar-refractivity contribution in [3.8, 4) is 5.75 Å². The summed E-state index contributed by atoms with van der Waals surface area (Å²) in [5, 5.41) is 10.8. The molecule has 0 aliphatic heterocycles. The van der Waals surface area contributed by atoms with E-state index in [0.29, 0.717) is 5.75 Å². The van der Waals surface area contributed by atoms with E-state index in [1.807, 2.05) is 11.8 Å². The molecule has 0 saturated carbocycles. The van der Waals surface area contributed by atoms with Gasteiger partial charge in [-0.1, -0.05) is 78.6 Å². The van der Waals surface area contributed by atoms with E-state index < -0.39 is 0 Å². The SMILES string of the molecule is CCCCCCSc1cc(CCCCCC)c(O)c(CCCCCC)c1. The largest absolute Gasteiger partial charge is 0.507 e. The zero-order valence-corrected chi connectivity index (χ0v) is 18.4. The van der Waals surface area contributed by atoms with Crippen LogP contribution in [0.4, 0.5) is 0 Å². The van der Waals surface area contributed by atoms with Crippen molar-refractivity contribution in [2.24, 2.45) is 0 Å². The van der Waals surface area contributed by atoms with E-state index in [9.17, 15) is 5.11 Å². The van der Waals surface area contributed by atoms with Crippen LogP contribution < -0.4 is 0 Å². The monoisotopic (exact) mass is 378 g/mol. The highest BCUT2D eigenvalue weighted by Gasteiger charge is 2.10. The standard InChI is InChI=1S/C24H42OS/c1-4-7-10-13-16-21-19-23(26-18-15-12-9-6-3)20-22(24(21)25)17-14-11-8-5-2/h19-20,25H,4-18H2,1-3H3. The summed E-state index contributed by atoms with van der Waals surface area (Å²) in [5.41, 5.74) is 2.37. The van der Waals surface area contributed by atoms with Gasteiger partial charge in [-0.05, 0) is 61.1 Å². The van der Waals surface area contributed by atoms with E-state index in [-0.39, 0.29) is 0 Å². The van der Waals surface area contributed by atoms with Crippen molar-refractivity contribution < 1.29 is 5.11 Å². The molecule has 0 spiro atoms. The molecule has 0 aromatic heterocycles. The van der Waals surface area contributed by atoms with Gasteiger partial charge in [-0.15, -0.1) is 11.8 Å². The Morgan fingerprint density at radius 1 is 0.654 bits per heavy atom. The van der Waals surface area contributed by atoms with E-state index in [2.05, 4.69) is 32.9 Å². The fraction of sp³-hybridized carbons (Fsp3) is 0.750. The first-order chi connectivity index (χ1) is 12.7. The van der Waals surface area contributed by atoms with Crippen LogP contribution in [0.25, 0.3) is 0 Å². The molecular formula is C24H42OS. The molecule has 0 heterocycles. The normalized spacial score (nSPS) is 11.2. The van der Waals surface area contributed by atoms with Crippen molar-refractivity contribution in [1.82, 2.24) is 0 Å². The van der Waals surface area contributed by atoms with E-state index in [0.717, 1.165) is 12.8 Å². The average Bonchev–Trinajstić information content (AvgIpc) is 2.65. The maximum Gasteiger partial charge on any atom is 0.122 e. The first kappa shape index (κ1) is 23.4. The molecule has 0 unspecified atom stereocenters. The molecule has 0 aliphatic carbocycles. The Kier molecular flexibility index (Phi) is 13.9. The van der Waals surface area contributed by atoms with Gasteiger partial charge in [-0.2, -0.15) is 0 Å². The number of hydrogen-bond acceptors (Lipinski definition) is 2. The highest BCUT2D eigenvalue weighted by Crippen LogP contribution is 2.32. The third kappa shape index (κ3) is 9.90. The van der Waals surface area contributed by atoms with Crippen LogP contribution in [-0.2, 0) is 12.8 Å². The van der Waals surface area contributed by atoms with Crippen LogP contribution in [0.5, 0.6) is 5.75 Å². The van der Waals surface area contributed by atoms with E-state index >= 15 is 0 Å². The van der Waals surface area contributed by atoms with Crippen molar-refractivity contribution in [1.29, 1.82) is 0 Å². The molecule has 1 N–H and O–H groups in total. The van der Waals surface area contributed by atoms with Crippen LogP contribution in [-0.4, -0.2) is 10.9 Å². The second kappa shape index (κ2) is 15.4. The number of rotatable bonds is 16. The summed E-state index contributed by atoms with van der Waals surface area (Å²) in [6.45, 7) is 6.77. The molecular weight excluding hydrogens is 336 g/mol. The summed E-state index contributed by atoms with van der Waals surface area (Å²) in [5.74, 6) is 1.79. The first-order valence-electron chi connectivity index (χ1n) is 11.2. The summed E-state index contributed by atoms with van der Waals surface area (Å²) < 4.78 is 0. The van der Waals surface area contributed by atoms with Crippen LogP contribution >= 0.6 is 11.8 Å². The van der Waals surface area contributed by atoms with Gasteiger partial charge in [0, 0.05) is 4.90 Å². The van der Waals surface area contributed by atoms with Gasteiger partial charge in [0.15, 0.2) is 0 Å². The third-order valence-electron chi connectivity index (χ3n) is 5.11. The molecule has 0 atom stereocenters. The third-order valence-corrected chi connectivity index (χ3v) is 6.17. The second-order valence-electron chi connectivity index (χ2n) is 7.62. The number of phenolic OH excluding ortho intramolecular Hbond substituents is 1. The van der Waals surface area contributed by atoms with Crippen LogP contribution in [0.3, 0.4) is 0 Å². The van der Waals surface area contributed by atoms with Gasteiger partial charge < -0.3 is 5.11 Å². The molecule has 0 fully saturated rings.